The molecule has 1 aliphatic carbocycles. The first-order chi connectivity index (χ1) is 6.95. The third-order valence-corrected chi connectivity index (χ3v) is 2.56. The molecule has 1 saturated carbocycles. The second-order valence-electron chi connectivity index (χ2n) is 3.77. The van der Waals surface area contributed by atoms with Crippen LogP contribution in [0.2, 0.25) is 0 Å². The van der Waals surface area contributed by atoms with Crippen molar-refractivity contribution in [1.29, 1.82) is 0 Å². The summed E-state index contributed by atoms with van der Waals surface area (Å²) < 4.78 is 38.8. The molecular formula is C8H10F3N3O. The second-order valence-corrected chi connectivity index (χ2v) is 3.77. The Labute approximate surface area is 83.7 Å². The van der Waals surface area contributed by atoms with Crippen LogP contribution in [0.4, 0.5) is 13.2 Å². The van der Waals surface area contributed by atoms with Gasteiger partial charge in [-0.2, -0.15) is 13.2 Å². The lowest BCUT2D eigenvalue weighted by atomic mass is 10.3. The summed E-state index contributed by atoms with van der Waals surface area (Å²) in [5.74, 6) is 0.194. The Bertz CT molecular complexity index is 374. The maximum atomic E-state index is 12.6. The van der Waals surface area contributed by atoms with E-state index in [4.69, 9.17) is 5.11 Å². The number of rotatable bonds is 2. The summed E-state index contributed by atoms with van der Waals surface area (Å²) in [6, 6.07) is -0.227. The van der Waals surface area contributed by atoms with Crippen molar-refractivity contribution < 1.29 is 18.3 Å². The molecule has 7 heteroatoms. The maximum Gasteiger partial charge on any atom is 0.435 e. The average molecular weight is 221 g/mol. The topological polar surface area (TPSA) is 50.9 Å². The van der Waals surface area contributed by atoms with E-state index in [2.05, 4.69) is 10.3 Å². The molecule has 1 fully saturated rings. The van der Waals surface area contributed by atoms with Crippen molar-refractivity contribution >= 4 is 0 Å². The van der Waals surface area contributed by atoms with Gasteiger partial charge in [-0.25, -0.2) is 4.68 Å². The lowest BCUT2D eigenvalue weighted by Crippen LogP contribution is -2.16. The monoisotopic (exact) mass is 221 g/mol. The molecule has 1 aromatic rings. The van der Waals surface area contributed by atoms with Crippen LogP contribution in [0.15, 0.2) is 0 Å². The van der Waals surface area contributed by atoms with Gasteiger partial charge in [0.2, 0.25) is 0 Å². The van der Waals surface area contributed by atoms with E-state index >= 15 is 0 Å². The standard InChI is InChI=1S/C8H10F3N3O/c1-4-2-6(4)14-7(8(9,10)11)5(3-15)12-13-14/h4,6,15H,2-3H2,1H3. The highest BCUT2D eigenvalue weighted by atomic mass is 19.4. The van der Waals surface area contributed by atoms with E-state index in [1.165, 1.54) is 0 Å². The molecule has 1 N–H and O–H groups in total. The number of halogens is 3. The highest BCUT2D eigenvalue weighted by Crippen LogP contribution is 2.45. The molecule has 1 aromatic heterocycles. The van der Waals surface area contributed by atoms with Crippen LogP contribution in [0.25, 0.3) is 0 Å². The van der Waals surface area contributed by atoms with Crippen molar-refractivity contribution in [3.05, 3.63) is 11.4 Å². The van der Waals surface area contributed by atoms with E-state index in [0.717, 1.165) is 4.68 Å². The summed E-state index contributed by atoms with van der Waals surface area (Å²) in [7, 11) is 0. The lowest BCUT2D eigenvalue weighted by molar-refractivity contribution is -0.145. The minimum absolute atomic E-state index is 0.194. The number of nitrogens with zero attached hydrogens (tertiary/aromatic N) is 3. The number of hydrogen-bond acceptors (Lipinski definition) is 3. The van der Waals surface area contributed by atoms with Gasteiger partial charge >= 0.3 is 6.18 Å². The van der Waals surface area contributed by atoms with Gasteiger partial charge in [0.15, 0.2) is 5.69 Å². The van der Waals surface area contributed by atoms with Crippen LogP contribution in [0.3, 0.4) is 0 Å². The van der Waals surface area contributed by atoms with E-state index in [-0.39, 0.29) is 12.0 Å². The third kappa shape index (κ3) is 1.71. The van der Waals surface area contributed by atoms with Gasteiger partial charge in [-0.3, -0.25) is 0 Å². The molecule has 0 bridgehead atoms. The molecule has 2 rings (SSSR count). The Hall–Kier alpha value is -1.11. The SMILES string of the molecule is CC1CC1n1nnc(CO)c1C(F)(F)F. The summed E-state index contributed by atoms with van der Waals surface area (Å²) in [6.07, 6.45) is -3.83. The zero-order valence-corrected chi connectivity index (χ0v) is 7.99. The quantitative estimate of drug-likeness (QED) is 0.820. The summed E-state index contributed by atoms with van der Waals surface area (Å²) in [4.78, 5) is 0. The molecule has 1 aliphatic rings. The van der Waals surface area contributed by atoms with Crippen LogP contribution in [-0.4, -0.2) is 20.1 Å². The van der Waals surface area contributed by atoms with Gasteiger partial charge in [-0.1, -0.05) is 12.1 Å². The van der Waals surface area contributed by atoms with E-state index < -0.39 is 24.2 Å². The summed E-state index contributed by atoms with van der Waals surface area (Å²) in [6.45, 7) is 1.11. The van der Waals surface area contributed by atoms with Crippen molar-refractivity contribution in [2.45, 2.75) is 32.2 Å². The van der Waals surface area contributed by atoms with Crippen molar-refractivity contribution in [2.24, 2.45) is 5.92 Å². The Balaban J connectivity index is 2.43. The van der Waals surface area contributed by atoms with Gasteiger partial charge < -0.3 is 5.11 Å². The van der Waals surface area contributed by atoms with Gasteiger partial charge in [-0.15, -0.1) is 5.10 Å². The highest BCUT2D eigenvalue weighted by Gasteiger charge is 2.45. The molecule has 84 valence electrons. The van der Waals surface area contributed by atoms with Crippen molar-refractivity contribution in [2.75, 3.05) is 0 Å². The van der Waals surface area contributed by atoms with Crippen LogP contribution in [-0.2, 0) is 12.8 Å². The lowest BCUT2D eigenvalue weighted by Gasteiger charge is -2.09. The van der Waals surface area contributed by atoms with Gasteiger partial charge in [0.25, 0.3) is 0 Å². The molecule has 15 heavy (non-hydrogen) atoms. The Morgan fingerprint density at radius 2 is 2.13 bits per heavy atom. The Morgan fingerprint density at radius 1 is 1.53 bits per heavy atom. The van der Waals surface area contributed by atoms with Crippen LogP contribution < -0.4 is 0 Å². The van der Waals surface area contributed by atoms with Gasteiger partial charge in [-0.05, 0) is 12.3 Å². The van der Waals surface area contributed by atoms with E-state index in [1.807, 2.05) is 6.92 Å². The molecule has 0 amide bonds. The Morgan fingerprint density at radius 3 is 2.53 bits per heavy atom. The van der Waals surface area contributed by atoms with Gasteiger partial charge in [0.05, 0.1) is 12.6 Å². The van der Waals surface area contributed by atoms with Crippen LogP contribution in [0.1, 0.15) is 30.8 Å². The minimum Gasteiger partial charge on any atom is -0.390 e. The fraction of sp³-hybridized carbons (Fsp3) is 0.750. The summed E-state index contributed by atoms with van der Waals surface area (Å²) >= 11 is 0. The number of hydrogen-bond donors (Lipinski definition) is 1. The predicted molar refractivity (Wildman–Crippen MR) is 43.8 cm³/mol. The van der Waals surface area contributed by atoms with Crippen molar-refractivity contribution in [1.82, 2.24) is 15.0 Å². The Kier molecular flexibility index (Phi) is 2.22. The van der Waals surface area contributed by atoms with E-state index in [0.29, 0.717) is 6.42 Å². The normalized spacial score (nSPS) is 25.7. The zero-order chi connectivity index (χ0) is 11.2. The van der Waals surface area contributed by atoms with Crippen molar-refractivity contribution in [3.8, 4) is 0 Å². The molecule has 2 unspecified atom stereocenters. The molecule has 4 nitrogen and oxygen atoms in total. The fourth-order valence-corrected chi connectivity index (χ4v) is 1.60. The molecule has 0 saturated heterocycles. The summed E-state index contributed by atoms with van der Waals surface area (Å²) in [5, 5.41) is 15.5. The smallest absolute Gasteiger partial charge is 0.390 e. The largest absolute Gasteiger partial charge is 0.435 e. The highest BCUT2D eigenvalue weighted by molar-refractivity contribution is 5.15. The molecule has 0 aliphatic heterocycles. The average Bonchev–Trinajstić information content (AvgIpc) is 2.70. The first-order valence-electron chi connectivity index (χ1n) is 4.57. The molecule has 0 spiro atoms. The minimum atomic E-state index is -4.51. The number of aromatic nitrogens is 3. The van der Waals surface area contributed by atoms with E-state index in [9.17, 15) is 13.2 Å². The predicted octanol–water partition coefficient (Wildman–Crippen LogP) is 1.37. The molecule has 2 atom stereocenters. The first kappa shape index (κ1) is 10.4. The molecule has 0 aromatic carbocycles. The molecule has 0 radical (unpaired) electrons. The van der Waals surface area contributed by atoms with Gasteiger partial charge in [0, 0.05) is 0 Å². The second kappa shape index (κ2) is 3.19. The maximum absolute atomic E-state index is 12.6. The van der Waals surface area contributed by atoms with E-state index in [1.54, 1.807) is 0 Å². The summed E-state index contributed by atoms with van der Waals surface area (Å²) in [5.41, 5.74) is -1.32. The van der Waals surface area contributed by atoms with Crippen LogP contribution in [0.5, 0.6) is 0 Å². The molecular weight excluding hydrogens is 211 g/mol. The number of alkyl halides is 3. The number of aliphatic hydroxyl groups is 1. The fourth-order valence-electron chi connectivity index (χ4n) is 1.60. The van der Waals surface area contributed by atoms with Gasteiger partial charge in [0.1, 0.15) is 5.69 Å². The third-order valence-electron chi connectivity index (χ3n) is 2.56. The number of aliphatic hydroxyl groups excluding tert-OH is 1. The van der Waals surface area contributed by atoms with Crippen LogP contribution in [0, 0.1) is 5.92 Å². The zero-order valence-electron chi connectivity index (χ0n) is 7.99. The van der Waals surface area contributed by atoms with Crippen LogP contribution >= 0.6 is 0 Å². The molecule has 1 heterocycles. The first-order valence-corrected chi connectivity index (χ1v) is 4.57. The van der Waals surface area contributed by atoms with Crippen molar-refractivity contribution in [3.63, 3.8) is 0 Å².